The van der Waals surface area contributed by atoms with E-state index in [0.29, 0.717) is 17.9 Å². The first-order valence-electron chi connectivity index (χ1n) is 7.90. The first-order valence-corrected chi connectivity index (χ1v) is 7.90. The van der Waals surface area contributed by atoms with Crippen molar-refractivity contribution in [3.63, 3.8) is 0 Å². The molecule has 0 radical (unpaired) electrons. The van der Waals surface area contributed by atoms with Crippen LogP contribution in [0.3, 0.4) is 0 Å². The molecule has 0 saturated heterocycles. The Hall–Kier alpha value is -2.44. The van der Waals surface area contributed by atoms with E-state index in [2.05, 4.69) is 0 Å². The molecule has 1 aromatic heterocycles. The predicted octanol–water partition coefficient (Wildman–Crippen LogP) is 4.34. The van der Waals surface area contributed by atoms with Gasteiger partial charge in [-0.1, -0.05) is 12.1 Å². The average Bonchev–Trinajstić information content (AvgIpc) is 3.02. The SMILES string of the molecule is Cc1cccc(OCCCC(=O)N(Cc2ccco2)CC(F)(F)F)c1. The van der Waals surface area contributed by atoms with Gasteiger partial charge >= 0.3 is 6.18 Å². The van der Waals surface area contributed by atoms with Crippen LogP contribution in [0, 0.1) is 6.92 Å². The number of halogens is 3. The Labute approximate surface area is 144 Å². The fourth-order valence-corrected chi connectivity index (χ4v) is 2.32. The third-order valence-electron chi connectivity index (χ3n) is 3.44. The summed E-state index contributed by atoms with van der Waals surface area (Å²) in [6, 6.07) is 10.5. The second kappa shape index (κ2) is 8.60. The lowest BCUT2D eigenvalue weighted by Crippen LogP contribution is -2.38. The van der Waals surface area contributed by atoms with E-state index in [0.717, 1.165) is 10.5 Å². The van der Waals surface area contributed by atoms with Crippen molar-refractivity contribution in [3.8, 4) is 5.75 Å². The minimum atomic E-state index is -4.46. The normalized spacial score (nSPS) is 11.4. The molecule has 0 fully saturated rings. The van der Waals surface area contributed by atoms with Crippen LogP contribution < -0.4 is 4.74 Å². The topological polar surface area (TPSA) is 42.7 Å². The van der Waals surface area contributed by atoms with Crippen LogP contribution in [-0.2, 0) is 11.3 Å². The van der Waals surface area contributed by atoms with Gasteiger partial charge in [0.2, 0.25) is 5.91 Å². The van der Waals surface area contributed by atoms with Crippen molar-refractivity contribution in [3.05, 3.63) is 54.0 Å². The van der Waals surface area contributed by atoms with Gasteiger partial charge in [0, 0.05) is 6.42 Å². The van der Waals surface area contributed by atoms with Gasteiger partial charge in [0.05, 0.1) is 19.4 Å². The highest BCUT2D eigenvalue weighted by Gasteiger charge is 2.33. The van der Waals surface area contributed by atoms with E-state index in [1.54, 1.807) is 12.1 Å². The monoisotopic (exact) mass is 355 g/mol. The molecule has 7 heteroatoms. The van der Waals surface area contributed by atoms with Crippen molar-refractivity contribution >= 4 is 5.91 Å². The summed E-state index contributed by atoms with van der Waals surface area (Å²) in [7, 11) is 0. The smallest absolute Gasteiger partial charge is 0.406 e. The molecule has 0 spiro atoms. The van der Waals surface area contributed by atoms with Gasteiger partial charge in [-0.05, 0) is 43.2 Å². The molecule has 0 aliphatic heterocycles. The molecule has 2 rings (SSSR count). The van der Waals surface area contributed by atoms with E-state index >= 15 is 0 Å². The standard InChI is InChI=1S/C18H20F3NO3/c1-14-5-2-6-15(11-14)24-10-4-8-17(23)22(13-18(19,20)21)12-16-7-3-9-25-16/h2-3,5-7,9,11H,4,8,10,12-13H2,1H3. The summed E-state index contributed by atoms with van der Waals surface area (Å²) in [4.78, 5) is 12.9. The molecular formula is C18H20F3NO3. The lowest BCUT2D eigenvalue weighted by Gasteiger charge is -2.23. The zero-order chi connectivity index (χ0) is 18.3. The molecule has 1 heterocycles. The lowest BCUT2D eigenvalue weighted by molar-refractivity contribution is -0.163. The Bertz CT molecular complexity index is 668. The molecule has 0 saturated carbocycles. The van der Waals surface area contributed by atoms with Crippen LogP contribution >= 0.6 is 0 Å². The summed E-state index contributed by atoms with van der Waals surface area (Å²) in [5, 5.41) is 0. The third kappa shape index (κ3) is 6.91. The number of aryl methyl sites for hydroxylation is 1. The number of benzene rings is 1. The summed E-state index contributed by atoms with van der Waals surface area (Å²) >= 11 is 0. The highest BCUT2D eigenvalue weighted by molar-refractivity contribution is 5.76. The van der Waals surface area contributed by atoms with Gasteiger partial charge in [-0.25, -0.2) is 0 Å². The van der Waals surface area contributed by atoms with Crippen LogP contribution in [0.5, 0.6) is 5.75 Å². The fourth-order valence-electron chi connectivity index (χ4n) is 2.32. The van der Waals surface area contributed by atoms with Gasteiger partial charge in [-0.15, -0.1) is 0 Å². The first kappa shape index (κ1) is 18.9. The van der Waals surface area contributed by atoms with Crippen molar-refractivity contribution in [2.24, 2.45) is 0 Å². The molecule has 0 aliphatic rings. The molecule has 2 aromatic rings. The summed E-state index contributed by atoms with van der Waals surface area (Å²) in [5.41, 5.74) is 1.04. The number of ether oxygens (including phenoxy) is 1. The number of carbonyl (C=O) groups excluding carboxylic acids is 1. The highest BCUT2D eigenvalue weighted by atomic mass is 19.4. The summed E-state index contributed by atoms with van der Waals surface area (Å²) in [6.45, 7) is 0.686. The maximum absolute atomic E-state index is 12.7. The number of rotatable bonds is 8. The average molecular weight is 355 g/mol. The van der Waals surface area contributed by atoms with Gasteiger partial charge in [-0.3, -0.25) is 4.79 Å². The minimum Gasteiger partial charge on any atom is -0.494 e. The van der Waals surface area contributed by atoms with Crippen LogP contribution in [0.4, 0.5) is 13.2 Å². The Morgan fingerprint density at radius 1 is 1.24 bits per heavy atom. The van der Waals surface area contributed by atoms with Crippen molar-refractivity contribution < 1.29 is 27.1 Å². The van der Waals surface area contributed by atoms with E-state index < -0.39 is 18.6 Å². The van der Waals surface area contributed by atoms with E-state index in [-0.39, 0.29) is 19.6 Å². The molecular weight excluding hydrogens is 335 g/mol. The van der Waals surface area contributed by atoms with Crippen LogP contribution in [0.2, 0.25) is 0 Å². The molecule has 4 nitrogen and oxygen atoms in total. The number of nitrogens with zero attached hydrogens (tertiary/aromatic N) is 1. The third-order valence-corrected chi connectivity index (χ3v) is 3.44. The summed E-state index contributed by atoms with van der Waals surface area (Å²) in [6.07, 6.45) is -2.79. The van der Waals surface area contributed by atoms with Gasteiger partial charge in [-0.2, -0.15) is 13.2 Å². The lowest BCUT2D eigenvalue weighted by atomic mass is 10.2. The summed E-state index contributed by atoms with van der Waals surface area (Å²) < 4.78 is 48.6. The molecule has 1 amide bonds. The van der Waals surface area contributed by atoms with Crippen LogP contribution in [0.25, 0.3) is 0 Å². The molecule has 25 heavy (non-hydrogen) atoms. The minimum absolute atomic E-state index is 0.0252. The van der Waals surface area contributed by atoms with E-state index in [1.165, 1.54) is 12.3 Å². The number of amides is 1. The zero-order valence-electron chi connectivity index (χ0n) is 13.9. The Morgan fingerprint density at radius 3 is 2.68 bits per heavy atom. The second-order valence-corrected chi connectivity index (χ2v) is 5.71. The molecule has 0 N–H and O–H groups in total. The maximum Gasteiger partial charge on any atom is 0.406 e. The fraction of sp³-hybridized carbons (Fsp3) is 0.389. The molecule has 136 valence electrons. The van der Waals surface area contributed by atoms with E-state index in [9.17, 15) is 18.0 Å². The maximum atomic E-state index is 12.7. The Morgan fingerprint density at radius 2 is 2.04 bits per heavy atom. The predicted molar refractivity (Wildman–Crippen MR) is 86.1 cm³/mol. The van der Waals surface area contributed by atoms with Crippen LogP contribution in [-0.4, -0.2) is 30.1 Å². The molecule has 0 bridgehead atoms. The summed E-state index contributed by atoms with van der Waals surface area (Å²) in [5.74, 6) is 0.408. The number of hydrogen-bond acceptors (Lipinski definition) is 3. The van der Waals surface area contributed by atoms with Crippen molar-refractivity contribution in [2.75, 3.05) is 13.2 Å². The van der Waals surface area contributed by atoms with E-state index in [4.69, 9.17) is 9.15 Å². The quantitative estimate of drug-likeness (QED) is 0.662. The van der Waals surface area contributed by atoms with Crippen molar-refractivity contribution in [1.82, 2.24) is 4.90 Å². The van der Waals surface area contributed by atoms with Gasteiger partial charge < -0.3 is 14.1 Å². The van der Waals surface area contributed by atoms with Crippen molar-refractivity contribution in [2.45, 2.75) is 32.5 Å². The number of carbonyl (C=O) groups is 1. The van der Waals surface area contributed by atoms with E-state index in [1.807, 2.05) is 25.1 Å². The van der Waals surface area contributed by atoms with Gasteiger partial charge in [0.15, 0.2) is 0 Å². The largest absolute Gasteiger partial charge is 0.494 e. The molecule has 1 aromatic carbocycles. The first-order chi connectivity index (χ1) is 11.8. The Kier molecular flexibility index (Phi) is 6.50. The molecule has 0 unspecified atom stereocenters. The number of furan rings is 1. The van der Waals surface area contributed by atoms with Gasteiger partial charge in [0.1, 0.15) is 18.1 Å². The Balaban J connectivity index is 1.83. The highest BCUT2D eigenvalue weighted by Crippen LogP contribution is 2.19. The second-order valence-electron chi connectivity index (χ2n) is 5.71. The van der Waals surface area contributed by atoms with Crippen LogP contribution in [0.1, 0.15) is 24.2 Å². The molecule has 0 atom stereocenters. The molecule has 0 aliphatic carbocycles. The number of alkyl halides is 3. The van der Waals surface area contributed by atoms with Crippen molar-refractivity contribution in [1.29, 1.82) is 0 Å². The zero-order valence-corrected chi connectivity index (χ0v) is 13.9. The van der Waals surface area contributed by atoms with Crippen LogP contribution in [0.15, 0.2) is 47.1 Å². The number of hydrogen-bond donors (Lipinski definition) is 0. The van der Waals surface area contributed by atoms with Gasteiger partial charge in [0.25, 0.3) is 0 Å².